The van der Waals surface area contributed by atoms with E-state index in [4.69, 9.17) is 16.1 Å². The van der Waals surface area contributed by atoms with Crippen LogP contribution in [0.2, 0.25) is 0 Å². The maximum atomic E-state index is 14.6. The maximum Gasteiger partial charge on any atom is 0.194 e. The van der Waals surface area contributed by atoms with Gasteiger partial charge in [0.15, 0.2) is 11.0 Å². The molecule has 0 radical (unpaired) electrons. The lowest BCUT2D eigenvalue weighted by Crippen LogP contribution is -2.25. The van der Waals surface area contributed by atoms with Gasteiger partial charge in [-0.2, -0.15) is 9.65 Å². The molecule has 240 valence electrons. The normalized spacial score (nSPS) is 19.7. The van der Waals surface area contributed by atoms with Crippen molar-refractivity contribution in [2.24, 2.45) is 20.7 Å². The predicted molar refractivity (Wildman–Crippen MR) is 194 cm³/mol. The van der Waals surface area contributed by atoms with E-state index in [-0.39, 0.29) is 23.2 Å². The first-order valence-corrected chi connectivity index (χ1v) is 16.7. The predicted octanol–water partition coefficient (Wildman–Crippen LogP) is 7.72. The largest absolute Gasteiger partial charge is 0.398 e. The number of likely N-dealkylation sites (tertiary alicyclic amines) is 1. The fourth-order valence-electron chi connectivity index (χ4n) is 5.91. The summed E-state index contributed by atoms with van der Waals surface area (Å²) in [5, 5.41) is 19.1. The van der Waals surface area contributed by atoms with Crippen LogP contribution >= 0.6 is 20.6 Å². The van der Waals surface area contributed by atoms with Crippen molar-refractivity contribution in [2.45, 2.75) is 83.6 Å². The average molecular weight is 648 g/mol. The molecule has 3 N–H and O–H groups in total. The minimum atomic E-state index is -0.390. The van der Waals surface area contributed by atoms with Gasteiger partial charge in [0, 0.05) is 40.5 Å². The van der Waals surface area contributed by atoms with Crippen molar-refractivity contribution < 1.29 is 4.39 Å². The summed E-state index contributed by atoms with van der Waals surface area (Å²) in [6, 6.07) is 2.60. The van der Waals surface area contributed by atoms with Crippen LogP contribution in [-0.2, 0) is 6.42 Å². The summed E-state index contributed by atoms with van der Waals surface area (Å²) < 4.78 is 14.6. The van der Waals surface area contributed by atoms with Gasteiger partial charge in [-0.3, -0.25) is 4.99 Å². The lowest BCUT2D eigenvalue weighted by Gasteiger charge is -2.26. The number of aliphatic imine (C=N–C) groups is 3. The van der Waals surface area contributed by atoms with Gasteiger partial charge < -0.3 is 16.0 Å². The number of nitrogens with two attached hydrogens (primary N) is 1. The number of halogens is 1. The van der Waals surface area contributed by atoms with Gasteiger partial charge in [-0.05, 0) is 101 Å². The van der Waals surface area contributed by atoms with Crippen LogP contribution in [0.1, 0.15) is 87.1 Å². The van der Waals surface area contributed by atoms with E-state index < -0.39 is 0 Å². The molecular weight excluding hydrogens is 600 g/mol. The van der Waals surface area contributed by atoms with E-state index in [0.29, 0.717) is 28.6 Å². The number of rotatable bonds is 14. The molecule has 1 unspecified atom stereocenters. The summed E-state index contributed by atoms with van der Waals surface area (Å²) in [5.74, 6) is 0.369. The number of nitrogens with one attached hydrogen (secondary N) is 1. The summed E-state index contributed by atoms with van der Waals surface area (Å²) in [6.45, 7) is 13.0. The number of nitriles is 1. The van der Waals surface area contributed by atoms with E-state index in [1.165, 1.54) is 6.42 Å². The van der Waals surface area contributed by atoms with Crippen LogP contribution in [0.5, 0.6) is 0 Å². The average Bonchev–Trinajstić information content (AvgIpc) is 3.61. The Balaban J connectivity index is 0.00000345. The van der Waals surface area contributed by atoms with Gasteiger partial charge in [0.2, 0.25) is 0 Å². The first-order chi connectivity index (χ1) is 21.6. The number of thiophene rings is 1. The Morgan fingerprint density at radius 3 is 2.64 bits per heavy atom. The van der Waals surface area contributed by atoms with Crippen molar-refractivity contribution >= 4 is 44.9 Å². The second-order valence-electron chi connectivity index (χ2n) is 11.2. The molecule has 1 aliphatic heterocycles. The first-order valence-electron chi connectivity index (χ1n) is 15.3. The van der Waals surface area contributed by atoms with Gasteiger partial charge in [-0.25, -0.2) is 9.98 Å². The van der Waals surface area contributed by atoms with Gasteiger partial charge in [0.25, 0.3) is 0 Å². The Bertz CT molecular complexity index is 1450. The summed E-state index contributed by atoms with van der Waals surface area (Å²) in [5.41, 5.74) is 10.7. The van der Waals surface area contributed by atoms with Gasteiger partial charge in [0.1, 0.15) is 11.6 Å². The smallest absolute Gasteiger partial charge is 0.194 e. The van der Waals surface area contributed by atoms with Crippen molar-refractivity contribution in [3.05, 3.63) is 67.8 Å². The first kappa shape index (κ1) is 37.7. The molecule has 45 heavy (non-hydrogen) atoms. The van der Waals surface area contributed by atoms with E-state index in [1.54, 1.807) is 12.3 Å². The van der Waals surface area contributed by atoms with Crippen LogP contribution in [0.4, 0.5) is 4.39 Å². The van der Waals surface area contributed by atoms with Crippen LogP contribution in [0.15, 0.2) is 61.7 Å². The molecule has 3 atom stereocenters. The number of hydrogen-bond acceptors (Lipinski definition) is 8. The van der Waals surface area contributed by atoms with E-state index in [0.717, 1.165) is 96.5 Å². The Labute approximate surface area is 275 Å². The molecule has 0 saturated carbocycles. The maximum absolute atomic E-state index is 14.6. The molecule has 2 heterocycles. The Kier molecular flexibility index (Phi) is 16.0. The molecule has 0 spiro atoms. The van der Waals surface area contributed by atoms with Crippen LogP contribution < -0.4 is 5.73 Å². The molecular formula is C35H47FN7PS. The topological polar surface area (TPSA) is 114 Å². The molecule has 3 rings (SSSR count). The van der Waals surface area contributed by atoms with Gasteiger partial charge >= 0.3 is 0 Å². The summed E-state index contributed by atoms with van der Waals surface area (Å²) in [6.07, 6.45) is 21.3. The molecule has 0 amide bonds. The monoisotopic (exact) mass is 647 g/mol. The van der Waals surface area contributed by atoms with Crippen molar-refractivity contribution in [1.82, 2.24) is 4.90 Å². The lowest BCUT2D eigenvalue weighted by atomic mass is 9.78. The molecule has 1 aromatic rings. The Hall–Kier alpha value is -3.49. The van der Waals surface area contributed by atoms with Crippen molar-refractivity contribution in [3.8, 4) is 18.9 Å². The molecule has 10 heteroatoms. The molecule has 1 fully saturated rings. The lowest BCUT2D eigenvalue weighted by molar-refractivity contribution is 0.300. The molecule has 1 aromatic heterocycles. The molecule has 2 aliphatic rings. The van der Waals surface area contributed by atoms with Crippen LogP contribution in [0, 0.1) is 34.7 Å². The number of nitrogens with zero attached hydrogens (tertiary/aromatic N) is 5. The molecule has 1 aliphatic carbocycles. The number of terminal acetylenes is 1. The zero-order chi connectivity index (χ0) is 33.5. The third kappa shape index (κ3) is 10.5. The zero-order valence-electron chi connectivity index (χ0n) is 26.9. The Morgan fingerprint density at radius 2 is 2.04 bits per heavy atom. The minimum Gasteiger partial charge on any atom is -0.398 e. The quantitative estimate of drug-likeness (QED) is 0.0933. The second-order valence-corrected chi connectivity index (χ2v) is 13.0. The number of fused-ring (bicyclic) bond motifs is 1. The summed E-state index contributed by atoms with van der Waals surface area (Å²) >= 11 is 1.10. The van der Waals surface area contributed by atoms with Crippen LogP contribution in [-0.4, -0.2) is 55.4 Å². The van der Waals surface area contributed by atoms with Gasteiger partial charge in [-0.15, -0.1) is 33.4 Å². The highest BCUT2D eigenvalue weighted by molar-refractivity contribution is 7.23. The van der Waals surface area contributed by atoms with Gasteiger partial charge in [-0.1, -0.05) is 25.5 Å². The van der Waals surface area contributed by atoms with Crippen molar-refractivity contribution in [1.29, 1.82) is 10.7 Å². The molecule has 0 aromatic carbocycles. The molecule has 1 saturated heterocycles. The Morgan fingerprint density at radius 1 is 1.31 bits per heavy atom. The van der Waals surface area contributed by atoms with Crippen LogP contribution in [0.25, 0.3) is 0 Å². The van der Waals surface area contributed by atoms with Gasteiger partial charge in [0.05, 0.1) is 12.3 Å². The third-order valence-electron chi connectivity index (χ3n) is 8.33. The fourth-order valence-corrected chi connectivity index (χ4v) is 7.08. The minimum absolute atomic E-state index is 0.0497. The number of allylic oxidation sites excluding steroid dienone is 4. The highest BCUT2D eigenvalue weighted by Crippen LogP contribution is 2.44. The highest BCUT2D eigenvalue weighted by Gasteiger charge is 2.31. The van der Waals surface area contributed by atoms with Crippen LogP contribution in [0.3, 0.4) is 0 Å². The second kappa shape index (κ2) is 19.1. The van der Waals surface area contributed by atoms with E-state index in [9.17, 15) is 9.65 Å². The summed E-state index contributed by atoms with van der Waals surface area (Å²) in [4.78, 5) is 16.8. The highest BCUT2D eigenvalue weighted by atomic mass is 32.1. The van der Waals surface area contributed by atoms with E-state index in [2.05, 4.69) is 70.3 Å². The third-order valence-corrected chi connectivity index (χ3v) is 9.72. The number of hydrogen-bond donors (Lipinski definition) is 2. The zero-order valence-corrected chi connectivity index (χ0v) is 28.9. The number of aryl methyl sites for hydroxylation is 1. The van der Waals surface area contributed by atoms with Crippen molar-refractivity contribution in [3.63, 3.8) is 0 Å². The fraction of sp³-hybridized carbons (Fsp3) is 0.457. The standard InChI is InChI=1S/C33H45FN7PS.C2H2/c1-6-9-25(21(2)26-11-7-12-30-32(26)27(19-35)33(34)43-30)29(37)20-40-23(13-14-24-10-8-17-41(24)5)18-31(38-4)39-16-15-28(36)22(3)42;1-2/h15-16,18,24,26,37H,3-4,6-14,17,20,36,42H2,1-2,5H3;1-2H/b25-21+,28-15-,31-18+,37-29?,39-16+,40-23?;/t24-,26+;/m0./s1. The molecule has 0 bridgehead atoms. The molecule has 7 nitrogen and oxygen atoms in total. The van der Waals surface area contributed by atoms with E-state index >= 15 is 0 Å². The van der Waals surface area contributed by atoms with E-state index in [1.807, 2.05) is 13.0 Å². The van der Waals surface area contributed by atoms with Crippen molar-refractivity contribution in [2.75, 3.05) is 20.1 Å². The summed E-state index contributed by atoms with van der Waals surface area (Å²) in [7, 11) is 4.63. The SMILES string of the molecule is C#C.C=NC(=C\C(CC[C@@H]1CCCN1C)=NCC(=N)/C(CCC)=C(\C)[C@H]1CCCc2sc(F)c(C#N)c21)/N=C/C=C(\N)C(=C)P.